The zero-order chi connectivity index (χ0) is 22.8. The van der Waals surface area contributed by atoms with E-state index in [1.807, 2.05) is 66.7 Å². The number of hydrogen-bond donors (Lipinski definition) is 1. The molecule has 1 aromatic heterocycles. The summed E-state index contributed by atoms with van der Waals surface area (Å²) in [5, 5.41) is 4.28. The second kappa shape index (κ2) is 8.79. The van der Waals surface area contributed by atoms with Gasteiger partial charge in [0.05, 0.1) is 16.8 Å². The van der Waals surface area contributed by atoms with E-state index in [0.717, 1.165) is 35.0 Å². The largest absolute Gasteiger partial charge is 0.458 e. The van der Waals surface area contributed by atoms with Crippen LogP contribution in [-0.2, 0) is 4.74 Å². The molecular weight excluding hydrogens is 412 g/mol. The van der Waals surface area contributed by atoms with Crippen molar-refractivity contribution >= 4 is 34.2 Å². The molecule has 1 saturated carbocycles. The first-order valence-corrected chi connectivity index (χ1v) is 11.0. The maximum atomic E-state index is 12.9. The van der Waals surface area contributed by atoms with Gasteiger partial charge in [0, 0.05) is 22.8 Å². The van der Waals surface area contributed by atoms with Crippen molar-refractivity contribution in [3.8, 4) is 0 Å². The summed E-state index contributed by atoms with van der Waals surface area (Å²) in [5.74, 6) is 0.0816. The minimum atomic E-state index is -0.374. The molecule has 5 heteroatoms. The number of nitrogens with zero attached hydrogens (tertiary/aromatic N) is 1. The molecule has 1 aliphatic rings. The number of carbonyl (C=O) groups excluding carboxylic acids is 2. The van der Waals surface area contributed by atoms with Crippen molar-refractivity contribution < 1.29 is 14.3 Å². The molecule has 0 radical (unpaired) electrons. The van der Waals surface area contributed by atoms with Crippen molar-refractivity contribution in [2.75, 3.05) is 11.9 Å². The van der Waals surface area contributed by atoms with E-state index in [4.69, 9.17) is 4.74 Å². The average molecular weight is 437 g/mol. The Hall–Kier alpha value is -4.12. The van der Waals surface area contributed by atoms with Crippen LogP contribution < -0.4 is 5.32 Å². The zero-order valence-corrected chi connectivity index (χ0v) is 18.2. The molecule has 0 amide bonds. The highest BCUT2D eigenvalue weighted by Crippen LogP contribution is 2.41. The summed E-state index contributed by atoms with van der Waals surface area (Å²) in [6.45, 7) is 3.78. The van der Waals surface area contributed by atoms with E-state index in [-0.39, 0.29) is 18.5 Å². The van der Waals surface area contributed by atoms with E-state index in [2.05, 4.69) is 18.0 Å². The Morgan fingerprint density at radius 2 is 1.85 bits per heavy atom. The summed E-state index contributed by atoms with van der Waals surface area (Å²) < 4.78 is 6.96. The number of ether oxygens (including phenoxy) is 1. The van der Waals surface area contributed by atoms with Gasteiger partial charge in [-0.15, -0.1) is 0 Å². The van der Waals surface area contributed by atoms with Crippen LogP contribution in [0.25, 0.3) is 10.9 Å². The van der Waals surface area contributed by atoms with E-state index in [0.29, 0.717) is 22.7 Å². The molecule has 0 aliphatic heterocycles. The fourth-order valence-electron chi connectivity index (χ4n) is 4.00. The van der Waals surface area contributed by atoms with Gasteiger partial charge in [0.15, 0.2) is 0 Å². The molecule has 4 aromatic rings. The first kappa shape index (κ1) is 20.8. The van der Waals surface area contributed by atoms with Crippen LogP contribution in [0.2, 0.25) is 0 Å². The molecule has 0 spiro atoms. The maximum Gasteiger partial charge on any atom is 0.340 e. The van der Waals surface area contributed by atoms with Gasteiger partial charge in [0.2, 0.25) is 0 Å². The third-order valence-electron chi connectivity index (χ3n) is 5.85. The van der Waals surface area contributed by atoms with Gasteiger partial charge in [-0.1, -0.05) is 36.9 Å². The topological polar surface area (TPSA) is 60.3 Å². The van der Waals surface area contributed by atoms with Crippen molar-refractivity contribution in [3.05, 3.63) is 108 Å². The summed E-state index contributed by atoms with van der Waals surface area (Å²) in [4.78, 5) is 25.6. The van der Waals surface area contributed by atoms with Crippen LogP contribution in [0.15, 0.2) is 91.6 Å². The average Bonchev–Trinajstić information content (AvgIpc) is 3.62. The van der Waals surface area contributed by atoms with E-state index in [1.54, 1.807) is 16.8 Å². The standard InChI is InChI=1S/C28H24N2O3/c1-2-16-33-28(32)24-18-21(19-8-9-19)10-12-25(24)29-23-11-13-26-22(17-23)14-15-30(26)27(31)20-6-4-3-5-7-20/h2-7,10-15,17-19,29H,1,8-9,16H2. The van der Waals surface area contributed by atoms with Crippen LogP contribution in [0.3, 0.4) is 0 Å². The van der Waals surface area contributed by atoms with Gasteiger partial charge in [0.25, 0.3) is 5.91 Å². The minimum absolute atomic E-state index is 0.0748. The van der Waals surface area contributed by atoms with E-state index in [1.165, 1.54) is 0 Å². The smallest absolute Gasteiger partial charge is 0.340 e. The lowest BCUT2D eigenvalue weighted by Gasteiger charge is -2.14. The van der Waals surface area contributed by atoms with E-state index < -0.39 is 0 Å². The number of rotatable bonds is 7. The Morgan fingerprint density at radius 3 is 2.61 bits per heavy atom. The molecule has 0 unspecified atom stereocenters. The van der Waals surface area contributed by atoms with Gasteiger partial charge in [-0.3, -0.25) is 9.36 Å². The summed E-state index contributed by atoms with van der Waals surface area (Å²) in [7, 11) is 0. The lowest BCUT2D eigenvalue weighted by atomic mass is 10.0. The number of fused-ring (bicyclic) bond motifs is 1. The molecule has 164 valence electrons. The van der Waals surface area contributed by atoms with Gasteiger partial charge in [-0.05, 0) is 72.9 Å². The number of carbonyl (C=O) groups is 2. The number of nitrogens with one attached hydrogen (secondary N) is 1. The zero-order valence-electron chi connectivity index (χ0n) is 18.2. The quantitative estimate of drug-likeness (QED) is 0.273. The molecule has 3 aromatic carbocycles. The van der Waals surface area contributed by atoms with Crippen LogP contribution in [0.1, 0.15) is 45.0 Å². The van der Waals surface area contributed by atoms with Gasteiger partial charge < -0.3 is 10.1 Å². The van der Waals surface area contributed by atoms with Gasteiger partial charge in [-0.25, -0.2) is 4.79 Å². The van der Waals surface area contributed by atoms with Crippen LogP contribution >= 0.6 is 0 Å². The summed E-state index contributed by atoms with van der Waals surface area (Å²) in [5.41, 5.74) is 4.65. The van der Waals surface area contributed by atoms with Crippen LogP contribution in [0, 0.1) is 0 Å². The highest BCUT2D eigenvalue weighted by Gasteiger charge is 2.25. The number of anilines is 2. The highest BCUT2D eigenvalue weighted by molar-refractivity contribution is 6.03. The van der Waals surface area contributed by atoms with Crippen molar-refractivity contribution in [2.24, 2.45) is 0 Å². The number of aromatic nitrogens is 1. The summed E-state index contributed by atoms with van der Waals surface area (Å²) in [6, 6.07) is 22.8. The second-order valence-corrected chi connectivity index (χ2v) is 8.22. The molecule has 1 N–H and O–H groups in total. The fraction of sp³-hybridized carbons (Fsp3) is 0.143. The normalized spacial score (nSPS) is 13.0. The predicted octanol–water partition coefficient (Wildman–Crippen LogP) is 6.29. The van der Waals surface area contributed by atoms with Gasteiger partial charge in [-0.2, -0.15) is 0 Å². The predicted molar refractivity (Wildman–Crippen MR) is 130 cm³/mol. The number of benzene rings is 3. The molecule has 0 saturated heterocycles. The van der Waals surface area contributed by atoms with Crippen molar-refractivity contribution in [2.45, 2.75) is 18.8 Å². The minimum Gasteiger partial charge on any atom is -0.458 e. The molecule has 1 aliphatic carbocycles. The third-order valence-corrected chi connectivity index (χ3v) is 5.85. The van der Waals surface area contributed by atoms with E-state index in [9.17, 15) is 9.59 Å². The Bertz CT molecular complexity index is 1350. The Balaban J connectivity index is 1.44. The summed E-state index contributed by atoms with van der Waals surface area (Å²) in [6.07, 6.45) is 5.66. The second-order valence-electron chi connectivity index (χ2n) is 8.22. The Morgan fingerprint density at radius 1 is 1.03 bits per heavy atom. The number of esters is 1. The Kier molecular flexibility index (Phi) is 5.53. The van der Waals surface area contributed by atoms with E-state index >= 15 is 0 Å². The molecule has 5 rings (SSSR count). The van der Waals surface area contributed by atoms with Crippen molar-refractivity contribution in [1.29, 1.82) is 0 Å². The van der Waals surface area contributed by atoms with Crippen LogP contribution in [0.5, 0.6) is 0 Å². The van der Waals surface area contributed by atoms with Gasteiger partial charge in [0.1, 0.15) is 6.61 Å². The monoisotopic (exact) mass is 436 g/mol. The molecule has 0 atom stereocenters. The molecule has 5 nitrogen and oxygen atoms in total. The molecular formula is C28H24N2O3. The molecule has 0 bridgehead atoms. The molecule has 1 heterocycles. The van der Waals surface area contributed by atoms with Crippen LogP contribution in [-0.4, -0.2) is 23.1 Å². The lowest BCUT2D eigenvalue weighted by Crippen LogP contribution is -2.10. The summed E-state index contributed by atoms with van der Waals surface area (Å²) >= 11 is 0. The van der Waals surface area contributed by atoms with Crippen molar-refractivity contribution in [1.82, 2.24) is 4.57 Å². The first-order chi connectivity index (χ1) is 16.1. The SMILES string of the molecule is C=CCOC(=O)c1cc(C2CC2)ccc1Nc1ccc2c(ccn2C(=O)c2ccccc2)c1. The lowest BCUT2D eigenvalue weighted by molar-refractivity contribution is 0.0550. The Labute approximate surface area is 192 Å². The van der Waals surface area contributed by atoms with Crippen LogP contribution in [0.4, 0.5) is 11.4 Å². The van der Waals surface area contributed by atoms with Gasteiger partial charge >= 0.3 is 5.97 Å². The number of hydrogen-bond acceptors (Lipinski definition) is 4. The highest BCUT2D eigenvalue weighted by atomic mass is 16.5. The van der Waals surface area contributed by atoms with Crippen molar-refractivity contribution in [3.63, 3.8) is 0 Å². The fourth-order valence-corrected chi connectivity index (χ4v) is 4.00. The molecule has 1 fully saturated rings. The molecule has 33 heavy (non-hydrogen) atoms. The maximum absolute atomic E-state index is 12.9. The first-order valence-electron chi connectivity index (χ1n) is 11.0. The third kappa shape index (κ3) is 4.30.